The Morgan fingerprint density at radius 1 is 1.43 bits per heavy atom. The molecule has 0 N–H and O–H groups in total. The van der Waals surface area contributed by atoms with Crippen molar-refractivity contribution in [2.24, 2.45) is 0 Å². The number of fused-ring (bicyclic) bond motifs is 1. The summed E-state index contributed by atoms with van der Waals surface area (Å²) in [7, 11) is 1.20. The van der Waals surface area contributed by atoms with Crippen LogP contribution in [0, 0.1) is 0 Å². The van der Waals surface area contributed by atoms with Crippen LogP contribution in [0.1, 0.15) is 30.6 Å². The number of nitrogens with zero attached hydrogens (tertiary/aromatic N) is 2. The largest absolute Gasteiger partial charge is 0.464 e. The molecule has 1 aromatic heterocycles. The highest BCUT2D eigenvalue weighted by Gasteiger charge is 2.55. The normalized spacial score (nSPS) is 31.8. The molecule has 0 amide bonds. The monoisotopic (exact) mass is 436 g/mol. The van der Waals surface area contributed by atoms with Gasteiger partial charge in [-0.25, -0.2) is 9.78 Å². The Bertz CT molecular complexity index is 675. The van der Waals surface area contributed by atoms with Crippen molar-refractivity contribution in [3.63, 3.8) is 0 Å². The first-order chi connectivity index (χ1) is 10.9. The molecule has 0 saturated carbocycles. The summed E-state index contributed by atoms with van der Waals surface area (Å²) in [5.41, 5.74) is -0.864. The van der Waals surface area contributed by atoms with Crippen molar-refractivity contribution < 1.29 is 23.7 Å². The number of hydrogen-bond acceptors (Lipinski definition) is 7. The summed E-state index contributed by atoms with van der Waals surface area (Å²) in [6.45, 7) is 3.64. The van der Waals surface area contributed by atoms with Gasteiger partial charge in [-0.2, -0.15) is 0 Å². The lowest BCUT2D eigenvalue weighted by Gasteiger charge is -2.24. The molecule has 0 unspecified atom stereocenters. The van der Waals surface area contributed by atoms with Gasteiger partial charge < -0.3 is 18.9 Å². The lowest BCUT2D eigenvalue weighted by Crippen LogP contribution is -2.36. The fourth-order valence-corrected chi connectivity index (χ4v) is 3.58. The van der Waals surface area contributed by atoms with E-state index < -0.39 is 29.6 Å². The van der Waals surface area contributed by atoms with E-state index in [4.69, 9.17) is 14.2 Å². The highest BCUT2D eigenvalue weighted by atomic mass is 127. The second kappa shape index (κ2) is 6.11. The molecule has 8 nitrogen and oxygen atoms in total. The topological polar surface area (TPSA) is 88.9 Å². The van der Waals surface area contributed by atoms with E-state index in [9.17, 15) is 9.59 Å². The van der Waals surface area contributed by atoms with Gasteiger partial charge >= 0.3 is 5.97 Å². The van der Waals surface area contributed by atoms with Crippen LogP contribution in [0.5, 0.6) is 0 Å². The van der Waals surface area contributed by atoms with Gasteiger partial charge in [-0.05, 0) is 13.8 Å². The first-order valence-corrected chi connectivity index (χ1v) is 8.63. The molecule has 0 aliphatic carbocycles. The Labute approximate surface area is 146 Å². The minimum absolute atomic E-state index is 0.200. The van der Waals surface area contributed by atoms with Crippen molar-refractivity contribution in [3.05, 3.63) is 28.4 Å². The van der Waals surface area contributed by atoms with Gasteiger partial charge in [0.15, 0.2) is 12.0 Å². The van der Waals surface area contributed by atoms with E-state index >= 15 is 0 Å². The van der Waals surface area contributed by atoms with Crippen LogP contribution in [0.4, 0.5) is 0 Å². The van der Waals surface area contributed by atoms with E-state index in [0.29, 0.717) is 4.43 Å². The van der Waals surface area contributed by atoms with Crippen LogP contribution in [0.3, 0.4) is 0 Å². The molecule has 0 spiro atoms. The van der Waals surface area contributed by atoms with Gasteiger partial charge in [0, 0.05) is 16.8 Å². The van der Waals surface area contributed by atoms with Crippen molar-refractivity contribution in [2.75, 3.05) is 11.5 Å². The molecular formula is C14H17IN2O6. The van der Waals surface area contributed by atoms with E-state index in [1.165, 1.54) is 24.1 Å². The van der Waals surface area contributed by atoms with Crippen LogP contribution in [0.25, 0.3) is 0 Å². The second-order valence-corrected chi connectivity index (χ2v) is 6.64. The predicted molar refractivity (Wildman–Crippen MR) is 86.5 cm³/mol. The Morgan fingerprint density at radius 2 is 2.13 bits per heavy atom. The van der Waals surface area contributed by atoms with Crippen LogP contribution < -0.4 is 5.56 Å². The summed E-state index contributed by atoms with van der Waals surface area (Å²) in [6.07, 6.45) is 1.25. The van der Waals surface area contributed by atoms with Gasteiger partial charge in [-0.15, -0.1) is 0 Å². The van der Waals surface area contributed by atoms with Gasteiger partial charge in [-0.1, -0.05) is 22.6 Å². The molecule has 3 heterocycles. The smallest absolute Gasteiger partial charge is 0.362 e. The van der Waals surface area contributed by atoms with Crippen molar-refractivity contribution in [3.8, 4) is 0 Å². The third kappa shape index (κ3) is 2.90. The maximum Gasteiger partial charge on any atom is 0.362 e. The Kier molecular flexibility index (Phi) is 4.47. The molecule has 0 aromatic carbocycles. The fraction of sp³-hybridized carbons (Fsp3) is 0.643. The van der Waals surface area contributed by atoms with E-state index in [-0.39, 0.29) is 17.9 Å². The van der Waals surface area contributed by atoms with Gasteiger partial charge in [0.05, 0.1) is 13.2 Å². The number of rotatable bonds is 3. The zero-order chi connectivity index (χ0) is 16.8. The molecular weight excluding hydrogens is 419 g/mol. The molecule has 23 heavy (non-hydrogen) atoms. The Morgan fingerprint density at radius 3 is 2.78 bits per heavy atom. The van der Waals surface area contributed by atoms with E-state index in [1.54, 1.807) is 0 Å². The standard InChI is InChI=1S/C14H17IN2O6/c1-14(2)22-9-7(6-15)21-12(10(9)23-14)17-5-4-16-8(11(17)18)13(19)20-3/h4-5,7,9-10,12H,6H2,1-3H3/t7-,9+,10+,12-/m1/s1. The zero-order valence-corrected chi connectivity index (χ0v) is 15.1. The maximum atomic E-state index is 12.5. The third-order valence-electron chi connectivity index (χ3n) is 3.80. The summed E-state index contributed by atoms with van der Waals surface area (Å²) in [5, 5.41) is 0. The summed E-state index contributed by atoms with van der Waals surface area (Å²) in [6, 6.07) is 0. The zero-order valence-electron chi connectivity index (χ0n) is 12.9. The summed E-state index contributed by atoms with van der Waals surface area (Å²) >= 11 is 2.20. The van der Waals surface area contributed by atoms with Crippen molar-refractivity contribution in [2.45, 2.75) is 44.2 Å². The molecule has 2 fully saturated rings. The van der Waals surface area contributed by atoms with Gasteiger partial charge in [0.25, 0.3) is 5.56 Å². The van der Waals surface area contributed by atoms with E-state index in [2.05, 4.69) is 32.3 Å². The maximum absolute atomic E-state index is 12.5. The summed E-state index contributed by atoms with van der Waals surface area (Å²) in [5.74, 6) is -1.53. The minimum Gasteiger partial charge on any atom is -0.464 e. The molecule has 2 aliphatic heterocycles. The SMILES string of the molecule is COC(=O)c1nccn([C@@H]2O[C@H](CI)[C@@H]3OC(C)(C)O[C@@H]32)c1=O. The highest BCUT2D eigenvalue weighted by Crippen LogP contribution is 2.42. The number of methoxy groups -OCH3 is 1. The van der Waals surface area contributed by atoms with E-state index in [1.807, 2.05) is 13.8 Å². The molecule has 1 aromatic rings. The number of carbonyl (C=O) groups excluding carboxylic acids is 1. The van der Waals surface area contributed by atoms with Gasteiger partial charge in [0.2, 0.25) is 5.69 Å². The quantitative estimate of drug-likeness (QED) is 0.395. The molecule has 126 valence electrons. The lowest BCUT2D eigenvalue weighted by atomic mass is 10.1. The molecule has 9 heteroatoms. The van der Waals surface area contributed by atoms with Crippen LogP contribution >= 0.6 is 22.6 Å². The average Bonchev–Trinajstić information content (AvgIpc) is 2.99. The van der Waals surface area contributed by atoms with Crippen LogP contribution in [0.2, 0.25) is 0 Å². The molecule has 4 atom stereocenters. The predicted octanol–water partition coefficient (Wildman–Crippen LogP) is 0.882. The Balaban J connectivity index is 1.99. The molecule has 3 rings (SSSR count). The number of esters is 1. The molecule has 0 bridgehead atoms. The Hall–Kier alpha value is -1.04. The van der Waals surface area contributed by atoms with Gasteiger partial charge in [-0.3, -0.25) is 9.36 Å². The number of ether oxygens (including phenoxy) is 4. The third-order valence-corrected chi connectivity index (χ3v) is 4.67. The fourth-order valence-electron chi connectivity index (χ4n) is 2.87. The van der Waals surface area contributed by atoms with Crippen molar-refractivity contribution in [1.29, 1.82) is 0 Å². The average molecular weight is 436 g/mol. The van der Waals surface area contributed by atoms with Crippen LogP contribution in [-0.4, -0.2) is 51.2 Å². The first kappa shape index (κ1) is 16.8. The molecule has 2 saturated heterocycles. The number of halogens is 1. The van der Waals surface area contributed by atoms with Crippen molar-refractivity contribution >= 4 is 28.6 Å². The molecule has 0 radical (unpaired) electrons. The van der Waals surface area contributed by atoms with Crippen LogP contribution in [-0.2, 0) is 18.9 Å². The lowest BCUT2D eigenvalue weighted by molar-refractivity contribution is -0.194. The number of aromatic nitrogens is 2. The summed E-state index contributed by atoms with van der Waals surface area (Å²) in [4.78, 5) is 28.0. The first-order valence-electron chi connectivity index (χ1n) is 7.10. The van der Waals surface area contributed by atoms with Gasteiger partial charge in [0.1, 0.15) is 12.2 Å². The van der Waals surface area contributed by atoms with Crippen molar-refractivity contribution in [1.82, 2.24) is 9.55 Å². The second-order valence-electron chi connectivity index (χ2n) is 5.76. The van der Waals surface area contributed by atoms with Crippen LogP contribution in [0.15, 0.2) is 17.2 Å². The number of alkyl halides is 1. The highest BCUT2D eigenvalue weighted by molar-refractivity contribution is 14.1. The van der Waals surface area contributed by atoms with E-state index in [0.717, 1.165) is 0 Å². The molecule has 2 aliphatic rings. The number of carbonyl (C=O) groups is 1. The summed E-state index contributed by atoms with van der Waals surface area (Å²) < 4.78 is 24.3. The minimum atomic E-state index is -0.784. The number of hydrogen-bond donors (Lipinski definition) is 0.